The average molecular weight is 301 g/mol. The Labute approximate surface area is 121 Å². The molecule has 0 radical (unpaired) electrons. The summed E-state index contributed by atoms with van der Waals surface area (Å²) in [6.45, 7) is 4.58. The molecule has 0 heterocycles. The molecule has 1 aromatic carbocycles. The van der Waals surface area contributed by atoms with E-state index < -0.39 is 17.7 Å². The summed E-state index contributed by atoms with van der Waals surface area (Å²) in [7, 11) is 1.72. The van der Waals surface area contributed by atoms with Gasteiger partial charge >= 0.3 is 12.1 Å². The number of nitrogens with zero attached hydrogens (tertiary/aromatic N) is 1. The monoisotopic (exact) mass is 301 g/mol. The van der Waals surface area contributed by atoms with Crippen molar-refractivity contribution in [3.63, 3.8) is 0 Å². The van der Waals surface area contributed by atoms with Crippen LogP contribution in [0.25, 0.3) is 6.08 Å². The van der Waals surface area contributed by atoms with E-state index >= 15 is 0 Å². The number of halogens is 3. The molecule has 0 aliphatic heterocycles. The van der Waals surface area contributed by atoms with Crippen LogP contribution >= 0.6 is 0 Å². The van der Waals surface area contributed by atoms with Gasteiger partial charge in [0.25, 0.3) is 0 Å². The van der Waals surface area contributed by atoms with Crippen molar-refractivity contribution in [2.24, 2.45) is 5.92 Å². The standard InChI is InChI=1S/C15H18F3NO2/c1-10(2)9-19(3)12-6-4-11(5-7-14(20)21)13(8-12)15(16,17)18/h4-8,10H,9H2,1-3H3,(H,20,21)/b7-5+. The van der Waals surface area contributed by atoms with Gasteiger partial charge in [0.05, 0.1) is 5.56 Å². The third kappa shape index (κ3) is 5.13. The highest BCUT2D eigenvalue weighted by Gasteiger charge is 2.33. The van der Waals surface area contributed by atoms with Crippen molar-refractivity contribution < 1.29 is 23.1 Å². The van der Waals surface area contributed by atoms with Crippen LogP contribution in [-0.4, -0.2) is 24.7 Å². The van der Waals surface area contributed by atoms with Gasteiger partial charge in [0.2, 0.25) is 0 Å². The Kier molecular flexibility index (Phi) is 5.41. The molecule has 1 aromatic rings. The first-order valence-corrected chi connectivity index (χ1v) is 6.44. The summed E-state index contributed by atoms with van der Waals surface area (Å²) in [5.41, 5.74) is -0.553. The van der Waals surface area contributed by atoms with Crippen molar-refractivity contribution in [3.8, 4) is 0 Å². The first-order chi connectivity index (χ1) is 9.61. The van der Waals surface area contributed by atoms with Gasteiger partial charge in [0.1, 0.15) is 0 Å². The molecular formula is C15H18F3NO2. The zero-order valence-electron chi connectivity index (χ0n) is 12.1. The van der Waals surface area contributed by atoms with E-state index in [0.29, 0.717) is 24.2 Å². The number of benzene rings is 1. The highest BCUT2D eigenvalue weighted by Crippen LogP contribution is 2.35. The number of carboxylic acid groups (broad SMARTS) is 1. The second-order valence-electron chi connectivity index (χ2n) is 5.22. The zero-order chi connectivity index (χ0) is 16.2. The minimum absolute atomic E-state index is 0.161. The van der Waals surface area contributed by atoms with Crippen LogP contribution in [0, 0.1) is 5.92 Å². The lowest BCUT2D eigenvalue weighted by atomic mass is 10.0. The Hall–Kier alpha value is -1.98. The predicted molar refractivity (Wildman–Crippen MR) is 76.2 cm³/mol. The van der Waals surface area contributed by atoms with Crippen LogP contribution < -0.4 is 4.90 Å². The molecule has 0 atom stereocenters. The number of aliphatic carboxylic acids is 1. The maximum Gasteiger partial charge on any atom is 0.417 e. The molecule has 1 N–H and O–H groups in total. The lowest BCUT2D eigenvalue weighted by molar-refractivity contribution is -0.137. The van der Waals surface area contributed by atoms with Gasteiger partial charge in [0, 0.05) is 25.4 Å². The molecule has 116 valence electrons. The molecule has 0 unspecified atom stereocenters. The summed E-state index contributed by atoms with van der Waals surface area (Å²) in [6.07, 6.45) is -2.88. The Morgan fingerprint density at radius 3 is 2.48 bits per heavy atom. The Bertz CT molecular complexity index is 536. The van der Waals surface area contributed by atoms with Crippen molar-refractivity contribution in [2.75, 3.05) is 18.5 Å². The summed E-state index contributed by atoms with van der Waals surface area (Å²) in [5.74, 6) is -0.972. The van der Waals surface area contributed by atoms with Crippen molar-refractivity contribution in [2.45, 2.75) is 20.0 Å². The average Bonchev–Trinajstić information content (AvgIpc) is 2.34. The summed E-state index contributed by atoms with van der Waals surface area (Å²) in [5, 5.41) is 8.53. The van der Waals surface area contributed by atoms with Crippen LogP contribution in [0.1, 0.15) is 25.0 Å². The van der Waals surface area contributed by atoms with E-state index in [2.05, 4.69) is 0 Å². The molecule has 3 nitrogen and oxygen atoms in total. The molecule has 21 heavy (non-hydrogen) atoms. The molecule has 6 heteroatoms. The third-order valence-corrected chi connectivity index (χ3v) is 2.83. The first kappa shape index (κ1) is 17.1. The first-order valence-electron chi connectivity index (χ1n) is 6.44. The van der Waals surface area contributed by atoms with Gasteiger partial charge in [0.15, 0.2) is 0 Å². The molecule has 0 aliphatic carbocycles. The summed E-state index contributed by atoms with van der Waals surface area (Å²) in [4.78, 5) is 12.2. The van der Waals surface area contributed by atoms with E-state index in [9.17, 15) is 18.0 Å². The lowest BCUT2D eigenvalue weighted by Gasteiger charge is -2.23. The van der Waals surface area contributed by atoms with E-state index in [1.165, 1.54) is 6.07 Å². The molecular weight excluding hydrogens is 283 g/mol. The third-order valence-electron chi connectivity index (χ3n) is 2.83. The SMILES string of the molecule is CC(C)CN(C)c1ccc(/C=C/C(=O)O)c(C(F)(F)F)c1. The van der Waals surface area contributed by atoms with Gasteiger partial charge in [-0.1, -0.05) is 19.9 Å². The highest BCUT2D eigenvalue weighted by atomic mass is 19.4. The van der Waals surface area contributed by atoms with Gasteiger partial charge in [-0.25, -0.2) is 4.79 Å². The molecule has 0 bridgehead atoms. The quantitative estimate of drug-likeness (QED) is 0.839. The fraction of sp³-hybridized carbons (Fsp3) is 0.400. The molecule has 0 aromatic heterocycles. The number of anilines is 1. The van der Waals surface area contributed by atoms with E-state index in [1.54, 1.807) is 18.0 Å². The predicted octanol–water partition coefficient (Wildman–Crippen LogP) is 3.90. The number of hydrogen-bond donors (Lipinski definition) is 1. The van der Waals surface area contributed by atoms with Crippen molar-refractivity contribution >= 4 is 17.7 Å². The van der Waals surface area contributed by atoms with Crippen LogP contribution in [0.2, 0.25) is 0 Å². The Morgan fingerprint density at radius 1 is 1.38 bits per heavy atom. The number of alkyl halides is 3. The van der Waals surface area contributed by atoms with Crippen molar-refractivity contribution in [3.05, 3.63) is 35.4 Å². The van der Waals surface area contributed by atoms with E-state index in [4.69, 9.17) is 5.11 Å². The smallest absolute Gasteiger partial charge is 0.417 e. The Morgan fingerprint density at radius 2 is 2.00 bits per heavy atom. The maximum absolute atomic E-state index is 13.1. The van der Waals surface area contributed by atoms with E-state index in [1.807, 2.05) is 13.8 Å². The van der Waals surface area contributed by atoms with E-state index in [-0.39, 0.29) is 5.56 Å². The zero-order valence-corrected chi connectivity index (χ0v) is 12.1. The fourth-order valence-corrected chi connectivity index (χ4v) is 1.99. The number of carbonyl (C=O) groups is 1. The van der Waals surface area contributed by atoms with Gasteiger partial charge in [-0.05, 0) is 29.7 Å². The van der Waals surface area contributed by atoms with Crippen LogP contribution in [0.5, 0.6) is 0 Å². The molecule has 1 rings (SSSR count). The number of rotatable bonds is 5. The highest BCUT2D eigenvalue weighted by molar-refractivity contribution is 5.85. The second-order valence-corrected chi connectivity index (χ2v) is 5.22. The topological polar surface area (TPSA) is 40.5 Å². The van der Waals surface area contributed by atoms with Gasteiger partial charge < -0.3 is 10.0 Å². The lowest BCUT2D eigenvalue weighted by Crippen LogP contribution is -2.23. The Balaban J connectivity index is 3.22. The second kappa shape index (κ2) is 6.65. The minimum atomic E-state index is -4.53. The maximum atomic E-state index is 13.1. The normalized spacial score (nSPS) is 12.1. The molecule has 0 spiro atoms. The fourth-order valence-electron chi connectivity index (χ4n) is 1.99. The van der Waals surface area contributed by atoms with E-state index in [0.717, 1.165) is 12.1 Å². The largest absolute Gasteiger partial charge is 0.478 e. The summed E-state index contributed by atoms with van der Waals surface area (Å²) >= 11 is 0. The molecule has 0 aliphatic rings. The van der Waals surface area contributed by atoms with Gasteiger partial charge in [-0.15, -0.1) is 0 Å². The molecule has 0 saturated heterocycles. The molecule has 0 amide bonds. The van der Waals surface area contributed by atoms with Crippen molar-refractivity contribution in [1.82, 2.24) is 0 Å². The summed E-state index contributed by atoms with van der Waals surface area (Å²) in [6, 6.07) is 3.89. The van der Waals surface area contributed by atoms with Gasteiger partial charge in [-0.3, -0.25) is 0 Å². The van der Waals surface area contributed by atoms with Crippen LogP contribution in [0.15, 0.2) is 24.3 Å². The van der Waals surface area contributed by atoms with Crippen LogP contribution in [0.3, 0.4) is 0 Å². The minimum Gasteiger partial charge on any atom is -0.478 e. The van der Waals surface area contributed by atoms with Crippen molar-refractivity contribution in [1.29, 1.82) is 0 Å². The molecule has 0 saturated carbocycles. The molecule has 0 fully saturated rings. The van der Waals surface area contributed by atoms with Crippen LogP contribution in [0.4, 0.5) is 18.9 Å². The number of hydrogen-bond acceptors (Lipinski definition) is 2. The van der Waals surface area contributed by atoms with Crippen LogP contribution in [-0.2, 0) is 11.0 Å². The summed E-state index contributed by atoms with van der Waals surface area (Å²) < 4.78 is 39.2. The number of carboxylic acids is 1. The van der Waals surface area contributed by atoms with Gasteiger partial charge in [-0.2, -0.15) is 13.2 Å².